The van der Waals surface area contributed by atoms with Crippen molar-refractivity contribution in [3.63, 3.8) is 0 Å². The maximum Gasteiger partial charge on any atom is 0.178 e. The van der Waals surface area contributed by atoms with Crippen molar-refractivity contribution in [2.24, 2.45) is 0 Å². The van der Waals surface area contributed by atoms with Gasteiger partial charge in [0.1, 0.15) is 11.5 Å². The van der Waals surface area contributed by atoms with Crippen LogP contribution < -0.4 is 39.9 Å². The van der Waals surface area contributed by atoms with Crippen molar-refractivity contribution in [1.29, 1.82) is 0 Å². The van der Waals surface area contributed by atoms with Crippen LogP contribution in [0.1, 0.15) is 0 Å². The third kappa shape index (κ3) is 4.18. The van der Waals surface area contributed by atoms with Crippen LogP contribution in [0.5, 0.6) is 34.5 Å². The van der Waals surface area contributed by atoms with E-state index in [0.717, 1.165) is 62.4 Å². The molecule has 0 fully saturated rings. The largest absolute Gasteiger partial charge is 0.456 e. The van der Waals surface area contributed by atoms with Gasteiger partial charge in [0.25, 0.3) is 0 Å². The number of hydrogen-bond donors (Lipinski definition) is 0. The second-order valence-electron chi connectivity index (χ2n) is 12.1. The van der Waals surface area contributed by atoms with Gasteiger partial charge in [0.05, 0.1) is 44.7 Å². The molecule has 3 aliphatic heterocycles. The van der Waals surface area contributed by atoms with Crippen molar-refractivity contribution in [3.8, 4) is 34.5 Å². The van der Waals surface area contributed by atoms with Crippen LogP contribution in [0, 0.1) is 0 Å². The molecule has 3 aliphatic rings. The van der Waals surface area contributed by atoms with Crippen molar-refractivity contribution in [1.82, 2.24) is 0 Å². The van der Waals surface area contributed by atoms with Crippen LogP contribution in [0.25, 0.3) is 0 Å². The van der Waals surface area contributed by atoms with Crippen LogP contribution in [0.2, 0.25) is 0 Å². The van der Waals surface area contributed by atoms with Gasteiger partial charge < -0.3 is 28.6 Å². The highest BCUT2D eigenvalue weighted by Crippen LogP contribution is 2.56. The van der Waals surface area contributed by atoms with Gasteiger partial charge in [-0.1, -0.05) is 78.9 Å². The van der Waals surface area contributed by atoms with E-state index in [2.05, 4.69) is 9.80 Å². The zero-order valence-corrected chi connectivity index (χ0v) is 27.0. The minimum atomic E-state index is -3.34. The lowest BCUT2D eigenvalue weighted by Crippen LogP contribution is -2.31. The predicted molar refractivity (Wildman–Crippen MR) is 195 cm³/mol. The molecular formula is C42H27N2O4P. The highest BCUT2D eigenvalue weighted by molar-refractivity contribution is 7.85. The summed E-state index contributed by atoms with van der Waals surface area (Å²) in [6.07, 6.45) is 0. The summed E-state index contributed by atoms with van der Waals surface area (Å²) in [5.41, 5.74) is 5.39. The smallest absolute Gasteiger partial charge is 0.178 e. The minimum Gasteiger partial charge on any atom is -0.456 e. The van der Waals surface area contributed by atoms with E-state index < -0.39 is 7.14 Å². The molecular weight excluding hydrogens is 627 g/mol. The van der Waals surface area contributed by atoms with Crippen LogP contribution in [0.3, 0.4) is 0 Å². The SMILES string of the molecule is O=P1(c2ccccc2)c2ccc(N3c4ccccc4Oc4ccccc43)cc2Oc2cc(N3c4ccccc4Oc4ccccc43)ccc21. The van der Waals surface area contributed by atoms with E-state index >= 15 is 4.57 Å². The molecule has 0 radical (unpaired) electrons. The molecule has 0 atom stereocenters. The van der Waals surface area contributed by atoms with Crippen molar-refractivity contribution >= 4 is 57.2 Å². The van der Waals surface area contributed by atoms with Gasteiger partial charge in [-0.05, 0) is 72.8 Å². The molecule has 0 bridgehead atoms. The van der Waals surface area contributed by atoms with Crippen molar-refractivity contribution in [3.05, 3.63) is 164 Å². The first-order chi connectivity index (χ1) is 24.2. The van der Waals surface area contributed by atoms with Gasteiger partial charge in [-0.2, -0.15) is 0 Å². The van der Waals surface area contributed by atoms with Crippen LogP contribution in [0.15, 0.2) is 164 Å². The Hall–Kier alpha value is -6.23. The molecule has 3 heterocycles. The van der Waals surface area contributed by atoms with Gasteiger partial charge in [0.15, 0.2) is 30.1 Å². The summed E-state index contributed by atoms with van der Waals surface area (Å²) in [5, 5.41) is 2.09. The summed E-state index contributed by atoms with van der Waals surface area (Å²) < 4.78 is 35.1. The highest BCUT2D eigenvalue weighted by atomic mass is 31.2. The Bertz CT molecular complexity index is 2260. The third-order valence-corrected chi connectivity index (χ3v) is 12.4. The number of hydrogen-bond acceptors (Lipinski definition) is 6. The third-order valence-electron chi connectivity index (χ3n) is 9.29. The van der Waals surface area contributed by atoms with Crippen LogP contribution >= 0.6 is 7.14 Å². The fraction of sp³-hybridized carbons (Fsp3) is 0. The molecule has 0 aliphatic carbocycles. The van der Waals surface area contributed by atoms with Crippen LogP contribution in [-0.4, -0.2) is 0 Å². The Labute approximate surface area is 283 Å². The monoisotopic (exact) mass is 654 g/mol. The molecule has 6 nitrogen and oxygen atoms in total. The number of benzene rings is 7. The molecule has 234 valence electrons. The number of para-hydroxylation sites is 8. The van der Waals surface area contributed by atoms with Gasteiger partial charge in [0, 0.05) is 17.4 Å². The Balaban J connectivity index is 1.16. The number of nitrogens with zero attached hydrogens (tertiary/aromatic N) is 2. The molecule has 7 aromatic rings. The number of rotatable bonds is 3. The predicted octanol–water partition coefficient (Wildman–Crippen LogP) is 10.6. The molecule has 10 rings (SSSR count). The maximum atomic E-state index is 15.7. The van der Waals surface area contributed by atoms with E-state index in [1.165, 1.54) is 0 Å². The molecule has 0 amide bonds. The van der Waals surface area contributed by atoms with Gasteiger partial charge in [-0.15, -0.1) is 0 Å². The second-order valence-corrected chi connectivity index (χ2v) is 14.8. The zero-order chi connectivity index (χ0) is 32.5. The first-order valence-electron chi connectivity index (χ1n) is 16.1. The Morgan fingerprint density at radius 1 is 0.367 bits per heavy atom. The van der Waals surface area contributed by atoms with Gasteiger partial charge in [-0.25, -0.2) is 0 Å². The summed E-state index contributed by atoms with van der Waals surface area (Å²) in [7, 11) is -3.34. The summed E-state index contributed by atoms with van der Waals surface area (Å²) in [6, 6.07) is 53.6. The molecule has 7 heteroatoms. The van der Waals surface area contributed by atoms with Gasteiger partial charge >= 0.3 is 0 Å². The average molecular weight is 655 g/mol. The lowest BCUT2D eigenvalue weighted by Gasteiger charge is -2.35. The molecule has 0 N–H and O–H groups in total. The minimum absolute atomic E-state index is 0.554. The van der Waals surface area contributed by atoms with E-state index in [-0.39, 0.29) is 0 Å². The lowest BCUT2D eigenvalue weighted by atomic mass is 10.1. The summed E-state index contributed by atoms with van der Waals surface area (Å²) >= 11 is 0. The maximum absolute atomic E-state index is 15.7. The number of ether oxygens (including phenoxy) is 3. The molecule has 0 saturated carbocycles. The summed E-state index contributed by atoms with van der Waals surface area (Å²) in [6.45, 7) is 0. The molecule has 0 saturated heterocycles. The van der Waals surface area contributed by atoms with E-state index in [0.29, 0.717) is 22.1 Å². The topological polar surface area (TPSA) is 51.2 Å². The second kappa shape index (κ2) is 10.6. The highest BCUT2D eigenvalue weighted by Gasteiger charge is 2.40. The summed E-state index contributed by atoms with van der Waals surface area (Å²) in [4.78, 5) is 4.33. The fourth-order valence-corrected chi connectivity index (χ4v) is 9.92. The van der Waals surface area contributed by atoms with E-state index in [1.54, 1.807) is 0 Å². The van der Waals surface area contributed by atoms with Crippen LogP contribution in [-0.2, 0) is 4.57 Å². The van der Waals surface area contributed by atoms with Crippen LogP contribution in [0.4, 0.5) is 34.1 Å². The quantitative estimate of drug-likeness (QED) is 0.177. The lowest BCUT2D eigenvalue weighted by molar-refractivity contribution is 0.475. The first kappa shape index (κ1) is 27.8. The van der Waals surface area contributed by atoms with E-state index in [9.17, 15) is 0 Å². The average Bonchev–Trinajstić information content (AvgIpc) is 3.16. The Morgan fingerprint density at radius 3 is 1.12 bits per heavy atom. The molecule has 0 aromatic heterocycles. The zero-order valence-electron chi connectivity index (χ0n) is 26.1. The van der Waals surface area contributed by atoms with Crippen molar-refractivity contribution < 1.29 is 18.8 Å². The normalized spacial score (nSPS) is 14.4. The van der Waals surface area contributed by atoms with E-state index in [4.69, 9.17) is 14.2 Å². The molecule has 0 spiro atoms. The van der Waals surface area contributed by atoms with Crippen molar-refractivity contribution in [2.75, 3.05) is 9.80 Å². The van der Waals surface area contributed by atoms with Gasteiger partial charge in [-0.3, -0.25) is 0 Å². The molecule has 0 unspecified atom stereocenters. The fourth-order valence-electron chi connectivity index (χ4n) is 7.10. The Kier molecular flexibility index (Phi) is 6.05. The van der Waals surface area contributed by atoms with E-state index in [1.807, 2.05) is 164 Å². The number of fused-ring (bicyclic) bond motifs is 6. The first-order valence-corrected chi connectivity index (χ1v) is 17.8. The summed E-state index contributed by atoms with van der Waals surface area (Å²) in [5.74, 6) is 4.15. The number of anilines is 6. The Morgan fingerprint density at radius 2 is 0.714 bits per heavy atom. The van der Waals surface area contributed by atoms with Crippen molar-refractivity contribution in [2.45, 2.75) is 0 Å². The standard InChI is InChI=1S/C42H27N2O4P/c45-49(30-12-2-1-3-13-30)41-24-22-28(43-31-14-4-8-18-35(31)46-36-19-9-5-15-32(36)43)26-39(41)48-40-27-29(23-25-42(40)49)44-33-16-6-10-20-37(33)47-38-21-11-7-17-34(38)44/h1-27H. The van der Waals surface area contributed by atoms with Gasteiger partial charge in [0.2, 0.25) is 0 Å². The molecule has 7 aromatic carbocycles. The molecule has 49 heavy (non-hydrogen) atoms.